The zero-order valence-electron chi connectivity index (χ0n) is 10.3. The molecular weight excluding hydrogens is 202 g/mol. The Morgan fingerprint density at radius 3 is 2.56 bits per heavy atom. The second-order valence-electron chi connectivity index (χ2n) is 4.56. The highest BCUT2D eigenvalue weighted by Crippen LogP contribution is 2.14. The molecule has 0 spiro atoms. The largest absolute Gasteiger partial charge is 0.323 e. The van der Waals surface area contributed by atoms with Crippen molar-refractivity contribution in [2.75, 3.05) is 11.9 Å². The minimum Gasteiger partial charge on any atom is -0.320 e. The quantitative estimate of drug-likeness (QED) is 0.834. The third-order valence-corrected chi connectivity index (χ3v) is 2.27. The summed E-state index contributed by atoms with van der Waals surface area (Å²) < 4.78 is 0. The molecule has 16 heavy (non-hydrogen) atoms. The number of carbonyl (C=O) groups excluding carboxylic acids is 1. The van der Waals surface area contributed by atoms with Crippen LogP contribution in [0.3, 0.4) is 0 Å². The van der Waals surface area contributed by atoms with Gasteiger partial charge in [0.25, 0.3) is 0 Å². The number of nitrogens with one attached hydrogen (secondary N) is 1. The van der Waals surface area contributed by atoms with E-state index in [-0.39, 0.29) is 11.6 Å². The minimum atomic E-state index is -0.187. The number of anilines is 1. The SMILES string of the molecule is CCN(C(=O)Nc1ccccn1)C(C)(C)C. The maximum atomic E-state index is 12.0. The molecule has 0 saturated carbocycles. The Hall–Kier alpha value is -1.58. The van der Waals surface area contributed by atoms with Crippen molar-refractivity contribution in [1.82, 2.24) is 9.88 Å². The third kappa shape index (κ3) is 3.22. The predicted molar refractivity (Wildman–Crippen MR) is 65.4 cm³/mol. The highest BCUT2D eigenvalue weighted by molar-refractivity contribution is 5.88. The lowest BCUT2D eigenvalue weighted by Crippen LogP contribution is -2.47. The van der Waals surface area contributed by atoms with E-state index in [1.807, 2.05) is 39.8 Å². The summed E-state index contributed by atoms with van der Waals surface area (Å²) in [7, 11) is 0. The molecule has 0 aliphatic heterocycles. The van der Waals surface area contributed by atoms with Crippen LogP contribution in [0.4, 0.5) is 10.6 Å². The molecular formula is C12H19N3O. The number of hydrogen-bond donors (Lipinski definition) is 1. The van der Waals surface area contributed by atoms with Gasteiger partial charge >= 0.3 is 6.03 Å². The van der Waals surface area contributed by atoms with Gasteiger partial charge in [-0.3, -0.25) is 5.32 Å². The Kier molecular flexibility index (Phi) is 3.88. The van der Waals surface area contributed by atoms with Gasteiger partial charge in [-0.05, 0) is 39.8 Å². The summed E-state index contributed by atoms with van der Waals surface area (Å²) >= 11 is 0. The van der Waals surface area contributed by atoms with Crippen LogP contribution < -0.4 is 5.32 Å². The van der Waals surface area contributed by atoms with Gasteiger partial charge in [0.1, 0.15) is 5.82 Å². The molecule has 4 nitrogen and oxygen atoms in total. The van der Waals surface area contributed by atoms with Crippen LogP contribution >= 0.6 is 0 Å². The molecule has 0 bridgehead atoms. The van der Waals surface area contributed by atoms with Crippen LogP contribution in [0.2, 0.25) is 0 Å². The first-order valence-corrected chi connectivity index (χ1v) is 5.45. The fraction of sp³-hybridized carbons (Fsp3) is 0.500. The van der Waals surface area contributed by atoms with E-state index in [0.717, 1.165) is 0 Å². The highest BCUT2D eigenvalue weighted by Gasteiger charge is 2.24. The highest BCUT2D eigenvalue weighted by atomic mass is 16.2. The number of rotatable bonds is 2. The first kappa shape index (κ1) is 12.5. The zero-order valence-corrected chi connectivity index (χ0v) is 10.3. The van der Waals surface area contributed by atoms with Crippen molar-refractivity contribution in [3.8, 4) is 0 Å². The summed E-state index contributed by atoms with van der Waals surface area (Å²) in [5, 5.41) is 2.78. The molecule has 0 saturated heterocycles. The van der Waals surface area contributed by atoms with Crippen molar-refractivity contribution in [2.24, 2.45) is 0 Å². The topological polar surface area (TPSA) is 45.2 Å². The van der Waals surface area contributed by atoms with Crippen LogP contribution in [-0.4, -0.2) is 28.0 Å². The fourth-order valence-corrected chi connectivity index (χ4v) is 1.54. The molecule has 1 aromatic heterocycles. The molecule has 0 atom stereocenters. The van der Waals surface area contributed by atoms with E-state index in [4.69, 9.17) is 0 Å². The lowest BCUT2D eigenvalue weighted by molar-refractivity contribution is 0.162. The van der Waals surface area contributed by atoms with Gasteiger partial charge in [0.2, 0.25) is 0 Å². The van der Waals surface area contributed by atoms with Crippen LogP contribution in [0.5, 0.6) is 0 Å². The Labute approximate surface area is 96.7 Å². The Morgan fingerprint density at radius 2 is 2.12 bits per heavy atom. The smallest absolute Gasteiger partial charge is 0.320 e. The molecule has 0 aliphatic rings. The van der Waals surface area contributed by atoms with Gasteiger partial charge in [-0.1, -0.05) is 6.07 Å². The molecule has 0 fully saturated rings. The summed E-state index contributed by atoms with van der Waals surface area (Å²) in [6, 6.07) is 5.31. The predicted octanol–water partition coefficient (Wildman–Crippen LogP) is 2.73. The molecule has 0 aliphatic carbocycles. The van der Waals surface area contributed by atoms with Crippen LogP contribution in [0, 0.1) is 0 Å². The van der Waals surface area contributed by atoms with Crippen LogP contribution in [-0.2, 0) is 0 Å². The van der Waals surface area contributed by atoms with E-state index in [1.165, 1.54) is 0 Å². The molecule has 1 heterocycles. The number of aromatic nitrogens is 1. The second-order valence-corrected chi connectivity index (χ2v) is 4.56. The van der Waals surface area contributed by atoms with Gasteiger partial charge in [-0.15, -0.1) is 0 Å². The molecule has 4 heteroatoms. The molecule has 0 unspecified atom stereocenters. The zero-order chi connectivity index (χ0) is 12.2. The summed E-state index contributed by atoms with van der Waals surface area (Å²) in [6.45, 7) is 8.66. The van der Waals surface area contributed by atoms with Gasteiger partial charge in [-0.25, -0.2) is 9.78 Å². The number of amides is 2. The summed E-state index contributed by atoms with van der Waals surface area (Å²) in [6.07, 6.45) is 1.66. The normalized spacial score (nSPS) is 11.0. The molecule has 1 rings (SSSR count). The fourth-order valence-electron chi connectivity index (χ4n) is 1.54. The molecule has 1 N–H and O–H groups in total. The van der Waals surface area contributed by atoms with E-state index in [2.05, 4.69) is 10.3 Å². The summed E-state index contributed by atoms with van der Waals surface area (Å²) in [4.78, 5) is 17.8. The van der Waals surface area contributed by atoms with Gasteiger partial charge < -0.3 is 4.90 Å². The van der Waals surface area contributed by atoms with Crippen LogP contribution in [0.25, 0.3) is 0 Å². The van der Waals surface area contributed by atoms with E-state index >= 15 is 0 Å². The van der Waals surface area contributed by atoms with Gasteiger partial charge in [0.05, 0.1) is 0 Å². The first-order valence-electron chi connectivity index (χ1n) is 5.45. The number of nitrogens with zero attached hydrogens (tertiary/aromatic N) is 2. The van der Waals surface area contributed by atoms with Crippen molar-refractivity contribution in [3.05, 3.63) is 24.4 Å². The average molecular weight is 221 g/mol. The van der Waals surface area contributed by atoms with Gasteiger partial charge in [0, 0.05) is 18.3 Å². The van der Waals surface area contributed by atoms with Crippen molar-refractivity contribution < 1.29 is 4.79 Å². The summed E-state index contributed by atoms with van der Waals surface area (Å²) in [5.41, 5.74) is -0.187. The molecule has 0 aromatic carbocycles. The monoisotopic (exact) mass is 221 g/mol. The maximum Gasteiger partial charge on any atom is 0.323 e. The molecule has 1 aromatic rings. The third-order valence-electron chi connectivity index (χ3n) is 2.27. The number of hydrogen-bond acceptors (Lipinski definition) is 2. The number of urea groups is 1. The van der Waals surface area contributed by atoms with Crippen molar-refractivity contribution in [2.45, 2.75) is 33.2 Å². The Bertz CT molecular complexity index is 343. The number of pyridine rings is 1. The summed E-state index contributed by atoms with van der Waals surface area (Å²) in [5.74, 6) is 0.579. The lowest BCUT2D eigenvalue weighted by Gasteiger charge is -2.34. The maximum absolute atomic E-state index is 12.0. The Morgan fingerprint density at radius 1 is 1.44 bits per heavy atom. The first-order chi connectivity index (χ1) is 7.45. The Balaban J connectivity index is 2.71. The van der Waals surface area contributed by atoms with Crippen molar-refractivity contribution >= 4 is 11.8 Å². The second kappa shape index (κ2) is 4.96. The van der Waals surface area contributed by atoms with Crippen molar-refractivity contribution in [1.29, 1.82) is 0 Å². The van der Waals surface area contributed by atoms with E-state index in [1.54, 1.807) is 17.2 Å². The number of carbonyl (C=O) groups is 1. The van der Waals surface area contributed by atoms with Gasteiger partial charge in [0.15, 0.2) is 0 Å². The van der Waals surface area contributed by atoms with E-state index in [0.29, 0.717) is 12.4 Å². The molecule has 2 amide bonds. The lowest BCUT2D eigenvalue weighted by atomic mass is 10.1. The van der Waals surface area contributed by atoms with E-state index < -0.39 is 0 Å². The standard InChI is InChI=1S/C12H19N3O/c1-5-15(12(2,3)4)11(16)14-10-8-6-7-9-13-10/h6-9H,5H2,1-4H3,(H,13,14,16). The van der Waals surface area contributed by atoms with Crippen LogP contribution in [0.15, 0.2) is 24.4 Å². The average Bonchev–Trinajstić information content (AvgIpc) is 2.17. The van der Waals surface area contributed by atoms with Gasteiger partial charge in [-0.2, -0.15) is 0 Å². The van der Waals surface area contributed by atoms with Crippen molar-refractivity contribution in [3.63, 3.8) is 0 Å². The molecule has 88 valence electrons. The minimum absolute atomic E-state index is 0.117. The van der Waals surface area contributed by atoms with E-state index in [9.17, 15) is 4.79 Å². The van der Waals surface area contributed by atoms with Crippen LogP contribution in [0.1, 0.15) is 27.7 Å². The molecule has 0 radical (unpaired) electrons.